The van der Waals surface area contributed by atoms with E-state index in [9.17, 15) is 10.1 Å². The number of ether oxygens (including phenoxy) is 2. The van der Waals surface area contributed by atoms with Crippen molar-refractivity contribution in [1.82, 2.24) is 0 Å². The number of hydrogen-bond acceptors (Lipinski definition) is 4. The Labute approximate surface area is 194 Å². The summed E-state index contributed by atoms with van der Waals surface area (Å²) in [6.07, 6.45) is 1.50. The second-order valence-corrected chi connectivity index (χ2v) is 7.81. The van der Waals surface area contributed by atoms with Gasteiger partial charge in [0.1, 0.15) is 18.2 Å². The molecule has 156 valence electrons. The number of carbonyl (C=O) groups excluding carboxylic acids is 1. The van der Waals surface area contributed by atoms with Crippen LogP contribution in [0.3, 0.4) is 0 Å². The first-order valence-electron chi connectivity index (χ1n) is 9.22. The number of nitrogens with one attached hydrogen (secondary N) is 1. The van der Waals surface area contributed by atoms with E-state index < -0.39 is 5.91 Å². The van der Waals surface area contributed by atoms with Crippen molar-refractivity contribution in [2.24, 2.45) is 0 Å². The van der Waals surface area contributed by atoms with Crippen LogP contribution in [0.2, 0.25) is 5.02 Å². The molecule has 0 aliphatic heterocycles. The van der Waals surface area contributed by atoms with Gasteiger partial charge in [0.25, 0.3) is 5.91 Å². The van der Waals surface area contributed by atoms with Crippen molar-refractivity contribution >= 4 is 45.2 Å². The molecule has 7 heteroatoms. The van der Waals surface area contributed by atoms with Gasteiger partial charge in [0.2, 0.25) is 0 Å². The van der Waals surface area contributed by atoms with Crippen LogP contribution in [0.25, 0.3) is 6.08 Å². The van der Waals surface area contributed by atoms with Crippen LogP contribution in [-0.2, 0) is 11.4 Å². The monoisotopic (exact) mass is 496 g/mol. The van der Waals surface area contributed by atoms with Crippen LogP contribution in [0.15, 0.2) is 76.8 Å². The van der Waals surface area contributed by atoms with Gasteiger partial charge in [0, 0.05) is 15.2 Å². The number of anilines is 1. The van der Waals surface area contributed by atoms with E-state index in [2.05, 4.69) is 21.2 Å². The largest absolute Gasteiger partial charge is 0.493 e. The second kappa shape index (κ2) is 10.7. The lowest BCUT2D eigenvalue weighted by Crippen LogP contribution is -2.13. The van der Waals surface area contributed by atoms with Gasteiger partial charge in [0.15, 0.2) is 11.5 Å². The third-order valence-electron chi connectivity index (χ3n) is 4.25. The topological polar surface area (TPSA) is 71.3 Å². The van der Waals surface area contributed by atoms with E-state index >= 15 is 0 Å². The number of nitriles is 1. The van der Waals surface area contributed by atoms with E-state index in [4.69, 9.17) is 21.1 Å². The molecule has 0 bridgehead atoms. The van der Waals surface area contributed by atoms with E-state index in [0.29, 0.717) is 34.4 Å². The molecule has 0 aliphatic rings. The minimum Gasteiger partial charge on any atom is -0.493 e. The average molecular weight is 498 g/mol. The molecule has 0 heterocycles. The third-order valence-corrected chi connectivity index (χ3v) is 5.00. The zero-order valence-corrected chi connectivity index (χ0v) is 18.9. The molecule has 0 spiro atoms. The van der Waals surface area contributed by atoms with E-state index in [1.807, 2.05) is 24.3 Å². The van der Waals surface area contributed by atoms with Crippen molar-refractivity contribution in [1.29, 1.82) is 5.26 Å². The molecule has 0 fully saturated rings. The van der Waals surface area contributed by atoms with Crippen molar-refractivity contribution in [3.63, 3.8) is 0 Å². The fourth-order valence-corrected chi connectivity index (χ4v) is 3.24. The van der Waals surface area contributed by atoms with Crippen LogP contribution < -0.4 is 14.8 Å². The van der Waals surface area contributed by atoms with Crippen molar-refractivity contribution in [3.8, 4) is 17.6 Å². The summed E-state index contributed by atoms with van der Waals surface area (Å²) < 4.78 is 12.1. The maximum atomic E-state index is 12.5. The Morgan fingerprint density at radius 1 is 1.13 bits per heavy atom. The molecular formula is C24H18BrClN2O3. The summed E-state index contributed by atoms with van der Waals surface area (Å²) in [6, 6.07) is 21.6. The van der Waals surface area contributed by atoms with Gasteiger partial charge >= 0.3 is 0 Å². The fourth-order valence-electron chi connectivity index (χ4n) is 2.71. The summed E-state index contributed by atoms with van der Waals surface area (Å²) in [6.45, 7) is 0.348. The number of hydrogen-bond donors (Lipinski definition) is 1. The van der Waals surface area contributed by atoms with Gasteiger partial charge < -0.3 is 14.8 Å². The SMILES string of the molecule is COc1cc(/C=C(/C#N)C(=O)Nc2cccc(Br)c2)ccc1OCc1ccc(Cl)cc1. The summed E-state index contributed by atoms with van der Waals surface area (Å²) in [4.78, 5) is 12.5. The van der Waals surface area contributed by atoms with Crippen LogP contribution in [-0.4, -0.2) is 13.0 Å². The molecule has 0 saturated heterocycles. The van der Waals surface area contributed by atoms with Crippen molar-refractivity contribution < 1.29 is 14.3 Å². The molecule has 0 unspecified atom stereocenters. The molecule has 0 aromatic heterocycles. The average Bonchev–Trinajstić information content (AvgIpc) is 2.77. The number of amides is 1. The summed E-state index contributed by atoms with van der Waals surface area (Å²) in [5.41, 5.74) is 2.16. The highest BCUT2D eigenvalue weighted by molar-refractivity contribution is 9.10. The molecule has 3 aromatic rings. The predicted octanol–water partition coefficient (Wildman–Crippen LogP) is 6.24. The van der Waals surface area contributed by atoms with Gasteiger partial charge in [-0.1, -0.05) is 51.8 Å². The standard InChI is InChI=1S/C24H18BrClN2O3/c1-30-23-12-17(7-10-22(23)31-15-16-5-8-20(26)9-6-16)11-18(14-27)24(29)28-21-4-2-3-19(25)13-21/h2-13H,15H2,1H3,(H,28,29)/b18-11-. The maximum absolute atomic E-state index is 12.5. The first-order valence-corrected chi connectivity index (χ1v) is 10.4. The minimum absolute atomic E-state index is 0.0307. The van der Waals surface area contributed by atoms with Gasteiger partial charge in [-0.15, -0.1) is 0 Å². The number of methoxy groups -OCH3 is 1. The zero-order chi connectivity index (χ0) is 22.2. The Morgan fingerprint density at radius 3 is 2.58 bits per heavy atom. The van der Waals surface area contributed by atoms with Crippen LogP contribution in [0, 0.1) is 11.3 Å². The van der Waals surface area contributed by atoms with Crippen molar-refractivity contribution in [2.75, 3.05) is 12.4 Å². The molecule has 0 atom stereocenters. The highest BCUT2D eigenvalue weighted by Crippen LogP contribution is 2.30. The summed E-state index contributed by atoms with van der Waals surface area (Å²) in [5.74, 6) is 0.543. The smallest absolute Gasteiger partial charge is 0.266 e. The van der Waals surface area contributed by atoms with Crippen molar-refractivity contribution in [2.45, 2.75) is 6.61 Å². The highest BCUT2D eigenvalue weighted by Gasteiger charge is 2.11. The Morgan fingerprint density at radius 2 is 1.90 bits per heavy atom. The number of nitrogens with zero attached hydrogens (tertiary/aromatic N) is 1. The molecule has 1 N–H and O–H groups in total. The highest BCUT2D eigenvalue weighted by atomic mass is 79.9. The first kappa shape index (κ1) is 22.4. The fraction of sp³-hybridized carbons (Fsp3) is 0.0833. The van der Waals surface area contributed by atoms with E-state index in [1.165, 1.54) is 13.2 Å². The minimum atomic E-state index is -0.498. The van der Waals surface area contributed by atoms with E-state index in [0.717, 1.165) is 10.0 Å². The summed E-state index contributed by atoms with van der Waals surface area (Å²) in [5, 5.41) is 12.8. The molecular weight excluding hydrogens is 480 g/mol. The van der Waals surface area contributed by atoms with Gasteiger partial charge in [0.05, 0.1) is 7.11 Å². The Hall–Kier alpha value is -3.27. The quantitative estimate of drug-likeness (QED) is 0.310. The number of benzene rings is 3. The molecule has 0 radical (unpaired) electrons. The van der Waals surface area contributed by atoms with Crippen LogP contribution in [0.1, 0.15) is 11.1 Å². The predicted molar refractivity (Wildman–Crippen MR) is 125 cm³/mol. The molecule has 5 nitrogen and oxygen atoms in total. The number of rotatable bonds is 7. The van der Waals surface area contributed by atoms with Gasteiger partial charge in [-0.25, -0.2) is 0 Å². The number of halogens is 2. The van der Waals surface area contributed by atoms with Crippen molar-refractivity contribution in [3.05, 3.63) is 92.9 Å². The zero-order valence-electron chi connectivity index (χ0n) is 16.6. The maximum Gasteiger partial charge on any atom is 0.266 e. The van der Waals surface area contributed by atoms with E-state index in [-0.39, 0.29) is 5.57 Å². The molecule has 1 amide bonds. The summed E-state index contributed by atoms with van der Waals surface area (Å²) >= 11 is 9.25. The molecule has 31 heavy (non-hydrogen) atoms. The Balaban J connectivity index is 1.74. The molecule has 3 aromatic carbocycles. The van der Waals surface area contributed by atoms with Crippen LogP contribution >= 0.6 is 27.5 Å². The van der Waals surface area contributed by atoms with Crippen LogP contribution in [0.4, 0.5) is 5.69 Å². The van der Waals surface area contributed by atoms with Gasteiger partial charge in [-0.05, 0) is 59.7 Å². The molecule has 0 saturated carbocycles. The lowest BCUT2D eigenvalue weighted by Gasteiger charge is -2.12. The van der Waals surface area contributed by atoms with Gasteiger partial charge in [-0.3, -0.25) is 4.79 Å². The second-order valence-electron chi connectivity index (χ2n) is 6.46. The third kappa shape index (κ3) is 6.35. The lowest BCUT2D eigenvalue weighted by atomic mass is 10.1. The van der Waals surface area contributed by atoms with Gasteiger partial charge in [-0.2, -0.15) is 5.26 Å². The Bertz CT molecular complexity index is 1150. The lowest BCUT2D eigenvalue weighted by molar-refractivity contribution is -0.112. The van der Waals surface area contributed by atoms with E-state index in [1.54, 1.807) is 48.5 Å². The summed E-state index contributed by atoms with van der Waals surface area (Å²) in [7, 11) is 1.53. The number of carbonyl (C=O) groups is 1. The normalized spacial score (nSPS) is 10.8. The van der Waals surface area contributed by atoms with Crippen LogP contribution in [0.5, 0.6) is 11.5 Å². The first-order chi connectivity index (χ1) is 15.0. The Kier molecular flexibility index (Phi) is 7.71. The molecule has 3 rings (SSSR count). The molecule has 0 aliphatic carbocycles.